The van der Waals surface area contributed by atoms with Gasteiger partial charge in [0.15, 0.2) is 0 Å². The molecule has 1 saturated heterocycles. The van der Waals surface area contributed by atoms with Crippen molar-refractivity contribution in [3.05, 3.63) is 35.1 Å². The number of nitrogens with one attached hydrogen (secondary N) is 1. The normalized spacial score (nSPS) is 26.6. The molecule has 1 aromatic carbocycles. The Morgan fingerprint density at radius 1 is 1.43 bits per heavy atom. The van der Waals surface area contributed by atoms with Gasteiger partial charge in [0.2, 0.25) is 0 Å². The van der Waals surface area contributed by atoms with Crippen molar-refractivity contribution in [2.75, 3.05) is 6.54 Å². The fourth-order valence-corrected chi connectivity index (χ4v) is 3.18. The van der Waals surface area contributed by atoms with Crippen LogP contribution in [-0.4, -0.2) is 23.4 Å². The Labute approximate surface area is 125 Å². The van der Waals surface area contributed by atoms with Crippen LogP contribution in [0.5, 0.6) is 0 Å². The van der Waals surface area contributed by atoms with E-state index >= 15 is 0 Å². The number of nitrogen functional groups attached to an aromatic ring is 1. The maximum absolute atomic E-state index is 14.0. The highest BCUT2D eigenvalue weighted by Gasteiger charge is 2.29. The van der Waals surface area contributed by atoms with E-state index in [0.717, 1.165) is 6.54 Å². The van der Waals surface area contributed by atoms with E-state index in [1.165, 1.54) is 18.6 Å². The summed E-state index contributed by atoms with van der Waals surface area (Å²) in [5, 5.41) is 0. The van der Waals surface area contributed by atoms with Crippen LogP contribution in [-0.2, 0) is 6.54 Å². The summed E-state index contributed by atoms with van der Waals surface area (Å²) in [6, 6.07) is 4.79. The zero-order valence-electron chi connectivity index (χ0n) is 12.9. The Hall–Kier alpha value is -1.46. The summed E-state index contributed by atoms with van der Waals surface area (Å²) in [4.78, 5) is 13.9. The lowest BCUT2D eigenvalue weighted by atomic mass is 9.85. The second kappa shape index (κ2) is 6.54. The molecule has 0 aromatic heterocycles. The lowest BCUT2D eigenvalue weighted by molar-refractivity contribution is 0.0719. The van der Waals surface area contributed by atoms with Crippen LogP contribution in [0.3, 0.4) is 0 Å². The van der Waals surface area contributed by atoms with Crippen LogP contribution < -0.4 is 11.3 Å². The molecule has 0 radical (unpaired) electrons. The zero-order chi connectivity index (χ0) is 15.6. The lowest BCUT2D eigenvalue weighted by Crippen LogP contribution is -2.45. The minimum absolute atomic E-state index is 0.276. The molecular formula is C16H24FN3O. The van der Waals surface area contributed by atoms with E-state index in [-0.39, 0.29) is 5.82 Å². The number of hydrogen-bond acceptors (Lipinski definition) is 3. The number of carbonyl (C=O) groups is 1. The fourth-order valence-electron chi connectivity index (χ4n) is 3.18. The van der Waals surface area contributed by atoms with E-state index in [4.69, 9.17) is 5.84 Å². The molecule has 116 valence electrons. The number of hydrazine groups is 1. The average Bonchev–Trinajstić information content (AvgIpc) is 2.45. The van der Waals surface area contributed by atoms with Crippen molar-refractivity contribution in [3.8, 4) is 0 Å². The van der Waals surface area contributed by atoms with Gasteiger partial charge in [0.25, 0.3) is 5.91 Å². The van der Waals surface area contributed by atoms with Gasteiger partial charge in [-0.2, -0.15) is 0 Å². The van der Waals surface area contributed by atoms with Crippen molar-refractivity contribution >= 4 is 5.91 Å². The first-order valence-electron chi connectivity index (χ1n) is 7.45. The van der Waals surface area contributed by atoms with Gasteiger partial charge in [0, 0.05) is 30.3 Å². The van der Waals surface area contributed by atoms with E-state index in [0.29, 0.717) is 35.5 Å². The van der Waals surface area contributed by atoms with E-state index < -0.39 is 5.91 Å². The molecule has 0 aliphatic carbocycles. The zero-order valence-corrected chi connectivity index (χ0v) is 12.9. The van der Waals surface area contributed by atoms with Gasteiger partial charge in [0.1, 0.15) is 5.82 Å². The summed E-state index contributed by atoms with van der Waals surface area (Å²) in [5.41, 5.74) is 3.01. The van der Waals surface area contributed by atoms with E-state index in [2.05, 4.69) is 31.1 Å². The van der Waals surface area contributed by atoms with Crippen molar-refractivity contribution < 1.29 is 9.18 Å². The number of hydrogen-bond donors (Lipinski definition) is 2. The number of nitrogens with zero attached hydrogens (tertiary/aromatic N) is 1. The van der Waals surface area contributed by atoms with Crippen LogP contribution in [0.2, 0.25) is 0 Å². The standard InChI is InChI=1S/C16H24FN3O/c1-10-6-11(2)12(3)20(8-10)9-14-7-13(16(21)19-18)4-5-15(14)17/h4-5,7,10-12H,6,8-9,18H2,1-3H3,(H,19,21). The quantitative estimate of drug-likeness (QED) is 0.511. The summed E-state index contributed by atoms with van der Waals surface area (Å²) in [5.74, 6) is 5.65. The topological polar surface area (TPSA) is 58.4 Å². The maximum Gasteiger partial charge on any atom is 0.265 e. The smallest absolute Gasteiger partial charge is 0.265 e. The fraction of sp³-hybridized carbons (Fsp3) is 0.562. The monoisotopic (exact) mass is 293 g/mol. The van der Waals surface area contributed by atoms with Gasteiger partial charge >= 0.3 is 0 Å². The number of carbonyl (C=O) groups excluding carboxylic acids is 1. The van der Waals surface area contributed by atoms with Crippen LogP contribution >= 0.6 is 0 Å². The van der Waals surface area contributed by atoms with Gasteiger partial charge in [-0.05, 0) is 43.4 Å². The molecule has 3 unspecified atom stereocenters. The van der Waals surface area contributed by atoms with Crippen molar-refractivity contribution in [2.45, 2.75) is 39.8 Å². The highest BCUT2D eigenvalue weighted by atomic mass is 19.1. The van der Waals surface area contributed by atoms with Crippen LogP contribution in [0, 0.1) is 17.7 Å². The molecule has 1 fully saturated rings. The number of piperidine rings is 1. The molecule has 5 heteroatoms. The summed E-state index contributed by atoms with van der Waals surface area (Å²) >= 11 is 0. The molecule has 3 N–H and O–H groups in total. The Morgan fingerprint density at radius 3 is 2.81 bits per heavy atom. The second-order valence-corrected chi connectivity index (χ2v) is 6.27. The Balaban J connectivity index is 2.20. The van der Waals surface area contributed by atoms with E-state index in [1.807, 2.05) is 0 Å². The number of rotatable bonds is 3. The number of nitrogens with two attached hydrogens (primary N) is 1. The molecule has 3 atom stereocenters. The van der Waals surface area contributed by atoms with Crippen molar-refractivity contribution in [3.63, 3.8) is 0 Å². The van der Waals surface area contributed by atoms with Gasteiger partial charge in [0.05, 0.1) is 0 Å². The summed E-state index contributed by atoms with van der Waals surface area (Å²) in [6.07, 6.45) is 1.20. The van der Waals surface area contributed by atoms with Crippen molar-refractivity contribution in [1.82, 2.24) is 10.3 Å². The Bertz CT molecular complexity index is 520. The molecule has 0 bridgehead atoms. The third-order valence-electron chi connectivity index (χ3n) is 4.53. The average molecular weight is 293 g/mol. The molecule has 21 heavy (non-hydrogen) atoms. The minimum atomic E-state index is -0.398. The predicted octanol–water partition coefficient (Wildman–Crippen LogP) is 2.30. The van der Waals surface area contributed by atoms with Gasteiger partial charge in [-0.15, -0.1) is 0 Å². The Kier molecular flexibility index (Phi) is 4.96. The molecule has 1 aliphatic rings. The predicted molar refractivity (Wildman–Crippen MR) is 80.9 cm³/mol. The van der Waals surface area contributed by atoms with Gasteiger partial charge in [-0.1, -0.05) is 13.8 Å². The molecule has 0 saturated carbocycles. The maximum atomic E-state index is 14.0. The molecule has 0 spiro atoms. The van der Waals surface area contributed by atoms with Crippen LogP contribution in [0.1, 0.15) is 43.1 Å². The molecular weight excluding hydrogens is 269 g/mol. The number of halogens is 1. The molecule has 4 nitrogen and oxygen atoms in total. The van der Waals surface area contributed by atoms with Crippen molar-refractivity contribution in [1.29, 1.82) is 0 Å². The molecule has 1 heterocycles. The second-order valence-electron chi connectivity index (χ2n) is 6.27. The first-order valence-corrected chi connectivity index (χ1v) is 7.45. The largest absolute Gasteiger partial charge is 0.296 e. The summed E-state index contributed by atoms with van der Waals surface area (Å²) < 4.78 is 14.0. The van der Waals surface area contributed by atoms with Crippen LogP contribution in [0.25, 0.3) is 0 Å². The van der Waals surface area contributed by atoms with Crippen LogP contribution in [0.15, 0.2) is 18.2 Å². The van der Waals surface area contributed by atoms with Gasteiger partial charge in [-0.3, -0.25) is 15.1 Å². The first kappa shape index (κ1) is 15.9. The SMILES string of the molecule is CC1CC(C)C(C)N(Cc2cc(C(=O)NN)ccc2F)C1. The lowest BCUT2D eigenvalue weighted by Gasteiger charge is -2.41. The molecule has 2 rings (SSSR count). The van der Waals surface area contributed by atoms with E-state index in [1.54, 1.807) is 6.07 Å². The highest BCUT2D eigenvalue weighted by molar-refractivity contribution is 5.93. The molecule has 1 amide bonds. The first-order chi connectivity index (χ1) is 9.92. The van der Waals surface area contributed by atoms with Gasteiger partial charge < -0.3 is 0 Å². The third-order valence-corrected chi connectivity index (χ3v) is 4.53. The number of amides is 1. The van der Waals surface area contributed by atoms with Gasteiger partial charge in [-0.25, -0.2) is 10.2 Å². The molecule has 1 aliphatic heterocycles. The van der Waals surface area contributed by atoms with Crippen LogP contribution in [0.4, 0.5) is 4.39 Å². The van der Waals surface area contributed by atoms with Crippen molar-refractivity contribution in [2.24, 2.45) is 17.7 Å². The van der Waals surface area contributed by atoms with E-state index in [9.17, 15) is 9.18 Å². The highest BCUT2D eigenvalue weighted by Crippen LogP contribution is 2.28. The minimum Gasteiger partial charge on any atom is -0.296 e. The summed E-state index contributed by atoms with van der Waals surface area (Å²) in [6.45, 7) is 8.13. The Morgan fingerprint density at radius 2 is 2.14 bits per heavy atom. The number of benzene rings is 1. The summed E-state index contributed by atoms with van der Waals surface area (Å²) in [7, 11) is 0. The third kappa shape index (κ3) is 3.60. The number of likely N-dealkylation sites (tertiary alicyclic amines) is 1. The molecule has 1 aromatic rings.